The number of para-hydroxylation sites is 1. The minimum absolute atomic E-state index is 0.655. The Morgan fingerprint density at radius 3 is 3.00 bits per heavy atom. The van der Waals surface area contributed by atoms with Gasteiger partial charge in [0.25, 0.3) is 0 Å². The van der Waals surface area contributed by atoms with Gasteiger partial charge in [-0.2, -0.15) is 0 Å². The van der Waals surface area contributed by atoms with E-state index < -0.39 is 0 Å². The minimum atomic E-state index is 0.655. The number of nitrogens with zero attached hydrogens (tertiary/aromatic N) is 2. The molecule has 0 N–H and O–H groups in total. The van der Waals surface area contributed by atoms with Crippen molar-refractivity contribution in [3.8, 4) is 5.75 Å². The molecule has 0 saturated carbocycles. The van der Waals surface area contributed by atoms with Crippen molar-refractivity contribution in [1.29, 1.82) is 0 Å². The summed E-state index contributed by atoms with van der Waals surface area (Å²) in [5.41, 5.74) is 1.03. The molecule has 0 bridgehead atoms. The van der Waals surface area contributed by atoms with Crippen LogP contribution in [0, 0.1) is 0 Å². The molecule has 0 fully saturated rings. The first-order chi connectivity index (χ1) is 7.36. The summed E-state index contributed by atoms with van der Waals surface area (Å²) >= 11 is 0. The normalized spacial score (nSPS) is 17.9. The van der Waals surface area contributed by atoms with Crippen LogP contribution in [0.25, 0.3) is 0 Å². The van der Waals surface area contributed by atoms with E-state index in [2.05, 4.69) is 11.6 Å². The van der Waals surface area contributed by atoms with Crippen molar-refractivity contribution >= 4 is 5.84 Å². The van der Waals surface area contributed by atoms with Crippen molar-refractivity contribution in [2.45, 2.75) is 0 Å². The minimum Gasteiger partial charge on any atom is -0.491 e. The number of hydrogen-bond acceptors (Lipinski definition) is 2. The smallest absolute Gasteiger partial charge is 0.138 e. The van der Waals surface area contributed by atoms with Gasteiger partial charge in [-0.1, -0.05) is 18.7 Å². The van der Waals surface area contributed by atoms with Crippen LogP contribution in [0.3, 0.4) is 0 Å². The topological polar surface area (TPSA) is 24.8 Å². The van der Waals surface area contributed by atoms with Crippen LogP contribution in [0.15, 0.2) is 42.0 Å². The van der Waals surface area contributed by atoms with Gasteiger partial charge in [0.1, 0.15) is 18.2 Å². The predicted octanol–water partition coefficient (Wildman–Crippen LogP) is 1.90. The summed E-state index contributed by atoms with van der Waals surface area (Å²) in [4.78, 5) is 6.30. The van der Waals surface area contributed by atoms with Gasteiger partial charge in [-0.3, -0.25) is 4.99 Å². The van der Waals surface area contributed by atoms with Crippen LogP contribution >= 0.6 is 0 Å². The molecule has 1 aliphatic heterocycles. The lowest BCUT2D eigenvalue weighted by atomic mass is 10.1. The van der Waals surface area contributed by atoms with E-state index in [9.17, 15) is 0 Å². The molecule has 3 nitrogen and oxygen atoms in total. The first-order valence-corrected chi connectivity index (χ1v) is 4.95. The molecule has 0 unspecified atom stereocenters. The van der Waals surface area contributed by atoms with E-state index in [4.69, 9.17) is 4.74 Å². The second kappa shape index (κ2) is 4.17. The van der Waals surface area contributed by atoms with Crippen molar-refractivity contribution in [3.63, 3.8) is 0 Å². The number of fused-ring (bicyclic) bond motifs is 1. The lowest BCUT2D eigenvalue weighted by Gasteiger charge is -2.17. The largest absolute Gasteiger partial charge is 0.491 e. The molecular weight excluding hydrogens is 188 g/mol. The van der Waals surface area contributed by atoms with Crippen molar-refractivity contribution in [2.75, 3.05) is 20.2 Å². The fourth-order valence-corrected chi connectivity index (χ4v) is 1.72. The zero-order valence-electron chi connectivity index (χ0n) is 8.81. The van der Waals surface area contributed by atoms with Gasteiger partial charge in [0.05, 0.1) is 12.1 Å². The lowest BCUT2D eigenvalue weighted by molar-refractivity contribution is 0.301. The van der Waals surface area contributed by atoms with Gasteiger partial charge in [0.15, 0.2) is 0 Å². The number of aliphatic imine (C=N–C) groups is 1. The molecule has 0 spiro atoms. The molecule has 78 valence electrons. The van der Waals surface area contributed by atoms with E-state index in [1.807, 2.05) is 29.2 Å². The number of hydrogen-bond donors (Lipinski definition) is 0. The van der Waals surface area contributed by atoms with Crippen LogP contribution in [0.4, 0.5) is 0 Å². The fraction of sp³-hybridized carbons (Fsp3) is 0.250. The molecule has 0 radical (unpaired) electrons. The summed E-state index contributed by atoms with van der Waals surface area (Å²) in [6.07, 6.45) is 1.79. The summed E-state index contributed by atoms with van der Waals surface area (Å²) in [6.45, 7) is 5.22. The summed E-state index contributed by atoms with van der Waals surface area (Å²) in [7, 11) is 1.79. The number of benzene rings is 1. The van der Waals surface area contributed by atoms with E-state index in [1.165, 1.54) is 0 Å². The molecule has 0 aliphatic carbocycles. The molecule has 15 heavy (non-hydrogen) atoms. The third-order valence-electron chi connectivity index (χ3n) is 2.42. The molecule has 0 amide bonds. The van der Waals surface area contributed by atoms with Gasteiger partial charge in [0, 0.05) is 7.05 Å². The molecule has 2 rings (SSSR count). The Labute approximate surface area is 89.7 Å². The Morgan fingerprint density at radius 1 is 1.47 bits per heavy atom. The maximum absolute atomic E-state index is 5.64. The Balaban J connectivity index is 2.51. The second-order valence-electron chi connectivity index (χ2n) is 3.27. The third kappa shape index (κ3) is 1.73. The highest BCUT2D eigenvalue weighted by Crippen LogP contribution is 2.22. The van der Waals surface area contributed by atoms with Crippen LogP contribution in [0.2, 0.25) is 0 Å². The van der Waals surface area contributed by atoms with Crippen molar-refractivity contribution in [3.05, 3.63) is 42.6 Å². The van der Waals surface area contributed by atoms with Crippen molar-refractivity contribution in [1.82, 2.24) is 4.90 Å². The van der Waals surface area contributed by atoms with Gasteiger partial charge < -0.3 is 9.64 Å². The maximum Gasteiger partial charge on any atom is 0.138 e. The average Bonchev–Trinajstić information content (AvgIpc) is 2.47. The Kier molecular flexibility index (Phi) is 2.72. The quantitative estimate of drug-likeness (QED) is 0.694. The molecule has 1 aromatic rings. The standard InChI is InChI=1S/C12H14N2O/c1-3-14-8-9-15-11-7-5-4-6-10(11)12(14)13-2/h3-7H,1,8-9H2,2H3. The number of rotatable bonds is 1. The molecule has 3 heteroatoms. The van der Waals surface area contributed by atoms with E-state index in [0.717, 1.165) is 23.7 Å². The van der Waals surface area contributed by atoms with E-state index >= 15 is 0 Å². The molecule has 1 heterocycles. The van der Waals surface area contributed by atoms with Crippen LogP contribution in [0.1, 0.15) is 5.56 Å². The monoisotopic (exact) mass is 202 g/mol. The van der Waals surface area contributed by atoms with Crippen LogP contribution < -0.4 is 4.74 Å². The molecule has 0 saturated heterocycles. The average molecular weight is 202 g/mol. The zero-order valence-corrected chi connectivity index (χ0v) is 8.81. The molecular formula is C12H14N2O. The van der Waals surface area contributed by atoms with Crippen molar-refractivity contribution in [2.24, 2.45) is 4.99 Å². The number of amidine groups is 1. The van der Waals surface area contributed by atoms with Crippen LogP contribution in [-0.2, 0) is 0 Å². The molecule has 1 aliphatic rings. The summed E-state index contributed by atoms with van der Waals surface area (Å²) < 4.78 is 5.64. The van der Waals surface area contributed by atoms with Gasteiger partial charge >= 0.3 is 0 Å². The molecule has 0 aromatic heterocycles. The first-order valence-electron chi connectivity index (χ1n) is 4.95. The third-order valence-corrected chi connectivity index (χ3v) is 2.42. The maximum atomic E-state index is 5.64. The Bertz CT molecular complexity index is 398. The number of ether oxygens (including phenoxy) is 1. The highest BCUT2D eigenvalue weighted by Gasteiger charge is 2.18. The molecule has 1 aromatic carbocycles. The van der Waals surface area contributed by atoms with Crippen LogP contribution in [0.5, 0.6) is 5.75 Å². The first kappa shape index (κ1) is 9.77. The van der Waals surface area contributed by atoms with Crippen molar-refractivity contribution < 1.29 is 4.74 Å². The zero-order chi connectivity index (χ0) is 10.7. The van der Waals surface area contributed by atoms with Gasteiger partial charge in [-0.25, -0.2) is 0 Å². The fourth-order valence-electron chi connectivity index (χ4n) is 1.72. The summed E-state index contributed by atoms with van der Waals surface area (Å²) in [5, 5.41) is 0. The summed E-state index contributed by atoms with van der Waals surface area (Å²) in [6, 6.07) is 7.93. The second-order valence-corrected chi connectivity index (χ2v) is 3.27. The highest BCUT2D eigenvalue weighted by molar-refractivity contribution is 6.01. The van der Waals surface area contributed by atoms with Gasteiger partial charge in [-0.15, -0.1) is 0 Å². The predicted molar refractivity (Wildman–Crippen MR) is 61.3 cm³/mol. The highest BCUT2D eigenvalue weighted by atomic mass is 16.5. The SMILES string of the molecule is C=CN1CCOc2ccccc2C1=NC. The van der Waals surface area contributed by atoms with E-state index in [0.29, 0.717) is 6.61 Å². The van der Waals surface area contributed by atoms with Crippen LogP contribution in [-0.4, -0.2) is 30.9 Å². The van der Waals surface area contributed by atoms with Gasteiger partial charge in [0.2, 0.25) is 0 Å². The Morgan fingerprint density at radius 2 is 2.27 bits per heavy atom. The Hall–Kier alpha value is -1.77. The summed E-state index contributed by atoms with van der Waals surface area (Å²) in [5.74, 6) is 1.81. The lowest BCUT2D eigenvalue weighted by Crippen LogP contribution is -2.27. The van der Waals surface area contributed by atoms with Gasteiger partial charge in [-0.05, 0) is 18.3 Å². The van der Waals surface area contributed by atoms with E-state index in [-0.39, 0.29) is 0 Å². The van der Waals surface area contributed by atoms with E-state index in [1.54, 1.807) is 13.2 Å². The molecule has 0 atom stereocenters.